The Hall–Kier alpha value is -1.82. The molecule has 0 aliphatic heterocycles. The average molecular weight is 266 g/mol. The Bertz CT molecular complexity index is 543. The Balaban J connectivity index is 3.28. The highest BCUT2D eigenvalue weighted by Gasteiger charge is 2.10. The highest BCUT2D eigenvalue weighted by atomic mass is 14.1. The lowest BCUT2D eigenvalue weighted by Crippen LogP contribution is -1.94. The van der Waals surface area contributed by atoms with E-state index in [9.17, 15) is 0 Å². The van der Waals surface area contributed by atoms with E-state index in [2.05, 4.69) is 77.7 Å². The summed E-state index contributed by atoms with van der Waals surface area (Å²) < 4.78 is 0. The molecule has 0 heterocycles. The van der Waals surface area contributed by atoms with Crippen LogP contribution >= 0.6 is 0 Å². The molecule has 0 spiro atoms. The van der Waals surface area contributed by atoms with E-state index >= 15 is 0 Å². The van der Waals surface area contributed by atoms with Crippen LogP contribution in [0.15, 0.2) is 83.1 Å². The van der Waals surface area contributed by atoms with Crippen LogP contribution in [0.5, 0.6) is 0 Å². The Morgan fingerprint density at radius 3 is 2.45 bits per heavy atom. The Kier molecular flexibility index (Phi) is 6.24. The van der Waals surface area contributed by atoms with E-state index in [0.717, 1.165) is 0 Å². The largest absolute Gasteiger partial charge is 0.0991 e. The van der Waals surface area contributed by atoms with Gasteiger partial charge in [0.1, 0.15) is 0 Å². The summed E-state index contributed by atoms with van der Waals surface area (Å²) in [6.07, 6.45) is 17.1. The van der Waals surface area contributed by atoms with E-state index in [1.165, 1.54) is 27.9 Å². The van der Waals surface area contributed by atoms with E-state index in [1.807, 2.05) is 12.2 Å². The lowest BCUT2D eigenvalue weighted by molar-refractivity contribution is 0.941. The van der Waals surface area contributed by atoms with Gasteiger partial charge in [0.25, 0.3) is 0 Å². The second-order valence-corrected chi connectivity index (χ2v) is 5.28. The van der Waals surface area contributed by atoms with Crippen LogP contribution in [-0.4, -0.2) is 0 Å². The number of allylic oxidation sites excluding steroid dienone is 13. The number of hydrogen-bond donors (Lipinski definition) is 0. The zero-order valence-corrected chi connectivity index (χ0v) is 13.4. The summed E-state index contributed by atoms with van der Waals surface area (Å²) in [5.74, 6) is 0.492. The fourth-order valence-electron chi connectivity index (χ4n) is 2.26. The monoisotopic (exact) mass is 266 g/mol. The van der Waals surface area contributed by atoms with Gasteiger partial charge in [-0.1, -0.05) is 62.1 Å². The van der Waals surface area contributed by atoms with E-state index in [4.69, 9.17) is 0 Å². The molecule has 0 saturated carbocycles. The molecule has 1 atom stereocenters. The minimum atomic E-state index is 0.492. The molecule has 0 saturated heterocycles. The minimum Gasteiger partial charge on any atom is -0.0991 e. The summed E-state index contributed by atoms with van der Waals surface area (Å²) in [4.78, 5) is 0. The SMILES string of the molecule is C=C\C=C/C(C)=C(C)/C(=C/C)C1=C(C)C=CC(C)C=C1. The van der Waals surface area contributed by atoms with Crippen molar-refractivity contribution in [2.24, 2.45) is 5.92 Å². The van der Waals surface area contributed by atoms with Crippen molar-refractivity contribution in [1.82, 2.24) is 0 Å². The third-order valence-corrected chi connectivity index (χ3v) is 3.70. The molecule has 0 radical (unpaired) electrons. The summed E-state index contributed by atoms with van der Waals surface area (Å²) in [5, 5.41) is 0. The third-order valence-electron chi connectivity index (χ3n) is 3.70. The molecule has 0 aromatic carbocycles. The molecule has 0 aromatic heterocycles. The van der Waals surface area contributed by atoms with Crippen molar-refractivity contribution in [3.63, 3.8) is 0 Å². The van der Waals surface area contributed by atoms with Crippen molar-refractivity contribution in [3.05, 3.63) is 83.1 Å². The molecule has 1 unspecified atom stereocenters. The van der Waals surface area contributed by atoms with Gasteiger partial charge in [0, 0.05) is 0 Å². The molecule has 0 aromatic rings. The molecular formula is C20H26. The topological polar surface area (TPSA) is 0 Å². The van der Waals surface area contributed by atoms with Gasteiger partial charge in [-0.2, -0.15) is 0 Å². The fourth-order valence-corrected chi connectivity index (χ4v) is 2.26. The first-order valence-corrected chi connectivity index (χ1v) is 7.22. The summed E-state index contributed by atoms with van der Waals surface area (Å²) in [6.45, 7) is 14.6. The molecule has 1 aliphatic carbocycles. The first-order valence-electron chi connectivity index (χ1n) is 7.22. The van der Waals surface area contributed by atoms with Gasteiger partial charge in [-0.05, 0) is 61.5 Å². The molecule has 0 amide bonds. The molecule has 1 aliphatic rings. The predicted octanol–water partition coefficient (Wildman–Crippen LogP) is 6.09. The number of hydrogen-bond acceptors (Lipinski definition) is 0. The van der Waals surface area contributed by atoms with Crippen molar-refractivity contribution in [2.45, 2.75) is 34.6 Å². The summed E-state index contributed by atoms with van der Waals surface area (Å²) in [7, 11) is 0. The maximum Gasteiger partial charge on any atom is -0.00753 e. The quantitative estimate of drug-likeness (QED) is 0.540. The lowest BCUT2D eigenvalue weighted by atomic mass is 9.91. The normalized spacial score (nSPS) is 21.2. The lowest BCUT2D eigenvalue weighted by Gasteiger charge is -2.13. The van der Waals surface area contributed by atoms with Crippen molar-refractivity contribution < 1.29 is 0 Å². The van der Waals surface area contributed by atoms with E-state index < -0.39 is 0 Å². The average Bonchev–Trinajstić information content (AvgIpc) is 2.60. The maximum absolute atomic E-state index is 3.73. The molecule has 106 valence electrons. The molecule has 1 rings (SSSR count). The van der Waals surface area contributed by atoms with Gasteiger partial charge in [0.05, 0.1) is 0 Å². The van der Waals surface area contributed by atoms with Crippen LogP contribution in [-0.2, 0) is 0 Å². The number of rotatable bonds is 4. The van der Waals surface area contributed by atoms with Crippen molar-refractivity contribution in [3.8, 4) is 0 Å². The second kappa shape index (κ2) is 7.69. The highest BCUT2D eigenvalue weighted by molar-refractivity contribution is 5.57. The summed E-state index contributed by atoms with van der Waals surface area (Å²) >= 11 is 0. The molecular weight excluding hydrogens is 240 g/mol. The van der Waals surface area contributed by atoms with Gasteiger partial charge in [0.2, 0.25) is 0 Å². The Labute approximate surface area is 124 Å². The standard InChI is InChI=1S/C20H26/c1-7-9-10-16(4)18(6)19(8-2)20-14-12-15(3)11-13-17(20)5/h7-15H,1H2,2-6H3/b10-9-,18-16+,19-8-. The van der Waals surface area contributed by atoms with Crippen LogP contribution in [0.2, 0.25) is 0 Å². The van der Waals surface area contributed by atoms with Gasteiger partial charge in [-0.25, -0.2) is 0 Å². The Morgan fingerprint density at radius 2 is 1.85 bits per heavy atom. The van der Waals surface area contributed by atoms with Gasteiger partial charge in [-0.3, -0.25) is 0 Å². The van der Waals surface area contributed by atoms with Crippen molar-refractivity contribution >= 4 is 0 Å². The maximum atomic E-state index is 3.73. The second-order valence-electron chi connectivity index (χ2n) is 5.28. The van der Waals surface area contributed by atoms with E-state index in [0.29, 0.717) is 5.92 Å². The van der Waals surface area contributed by atoms with Crippen LogP contribution in [0.1, 0.15) is 34.6 Å². The molecule has 0 bridgehead atoms. The van der Waals surface area contributed by atoms with Crippen molar-refractivity contribution in [2.75, 3.05) is 0 Å². The smallest absolute Gasteiger partial charge is 0.00753 e. The van der Waals surface area contributed by atoms with E-state index in [-0.39, 0.29) is 0 Å². The van der Waals surface area contributed by atoms with Gasteiger partial charge >= 0.3 is 0 Å². The molecule has 0 fully saturated rings. The minimum absolute atomic E-state index is 0.492. The van der Waals surface area contributed by atoms with Crippen LogP contribution in [0.25, 0.3) is 0 Å². The van der Waals surface area contributed by atoms with Crippen LogP contribution < -0.4 is 0 Å². The van der Waals surface area contributed by atoms with Crippen molar-refractivity contribution in [1.29, 1.82) is 0 Å². The zero-order valence-electron chi connectivity index (χ0n) is 13.4. The Morgan fingerprint density at radius 1 is 1.20 bits per heavy atom. The predicted molar refractivity (Wildman–Crippen MR) is 91.6 cm³/mol. The molecule has 20 heavy (non-hydrogen) atoms. The van der Waals surface area contributed by atoms with Crippen LogP contribution in [0, 0.1) is 5.92 Å². The van der Waals surface area contributed by atoms with Gasteiger partial charge in [-0.15, -0.1) is 0 Å². The molecule has 0 N–H and O–H groups in total. The highest BCUT2D eigenvalue weighted by Crippen LogP contribution is 2.28. The van der Waals surface area contributed by atoms with Gasteiger partial charge < -0.3 is 0 Å². The van der Waals surface area contributed by atoms with Crippen LogP contribution in [0.4, 0.5) is 0 Å². The zero-order chi connectivity index (χ0) is 15.1. The summed E-state index contributed by atoms with van der Waals surface area (Å²) in [5.41, 5.74) is 6.53. The van der Waals surface area contributed by atoms with Gasteiger partial charge in [0.15, 0.2) is 0 Å². The third kappa shape index (κ3) is 4.09. The molecule has 0 nitrogen and oxygen atoms in total. The first kappa shape index (κ1) is 16.2. The van der Waals surface area contributed by atoms with E-state index in [1.54, 1.807) is 0 Å². The fraction of sp³-hybridized carbons (Fsp3) is 0.300. The van der Waals surface area contributed by atoms with Crippen LogP contribution in [0.3, 0.4) is 0 Å². The first-order chi connectivity index (χ1) is 9.51. The molecule has 0 heteroatoms. The summed E-state index contributed by atoms with van der Waals surface area (Å²) in [6, 6.07) is 0.